The van der Waals surface area contributed by atoms with Crippen molar-refractivity contribution in [1.82, 2.24) is 10.6 Å². The third kappa shape index (κ3) is 4.07. The fourth-order valence-corrected chi connectivity index (χ4v) is 1.61. The number of hydrogen-bond donors (Lipinski definition) is 3. The predicted octanol–water partition coefficient (Wildman–Crippen LogP) is 1.15. The lowest BCUT2D eigenvalue weighted by Crippen LogP contribution is -2.28. The zero-order valence-electron chi connectivity index (χ0n) is 9.78. The highest BCUT2D eigenvalue weighted by atomic mass is 16.3. The van der Waals surface area contributed by atoms with Gasteiger partial charge in [-0.3, -0.25) is 4.79 Å². The number of amides is 1. The Morgan fingerprint density at radius 1 is 1.35 bits per heavy atom. The minimum atomic E-state index is 0.109. The molecule has 1 aromatic carbocycles. The smallest absolute Gasteiger partial charge is 0.221 e. The lowest BCUT2D eigenvalue weighted by Gasteiger charge is -2.06. The molecule has 92 valence electrons. The van der Waals surface area contributed by atoms with Gasteiger partial charge in [-0.1, -0.05) is 18.2 Å². The Morgan fingerprint density at radius 2 is 2.12 bits per heavy atom. The van der Waals surface area contributed by atoms with Crippen LogP contribution in [0.5, 0.6) is 5.75 Å². The van der Waals surface area contributed by atoms with E-state index in [0.717, 1.165) is 18.4 Å². The van der Waals surface area contributed by atoms with Crippen LogP contribution in [0.25, 0.3) is 0 Å². The van der Waals surface area contributed by atoms with Crippen molar-refractivity contribution in [2.45, 2.75) is 31.8 Å². The second-order valence-electron chi connectivity index (χ2n) is 4.40. The van der Waals surface area contributed by atoms with Gasteiger partial charge in [-0.25, -0.2) is 0 Å². The third-order valence-electron chi connectivity index (χ3n) is 2.78. The van der Waals surface area contributed by atoms with Crippen LogP contribution in [0.1, 0.15) is 24.8 Å². The molecule has 1 amide bonds. The molecule has 0 aliphatic heterocycles. The van der Waals surface area contributed by atoms with Crippen molar-refractivity contribution < 1.29 is 9.90 Å². The van der Waals surface area contributed by atoms with Crippen LogP contribution in [0.2, 0.25) is 0 Å². The van der Waals surface area contributed by atoms with Gasteiger partial charge >= 0.3 is 0 Å². The summed E-state index contributed by atoms with van der Waals surface area (Å²) in [5.74, 6) is 0.403. The third-order valence-corrected chi connectivity index (χ3v) is 2.78. The molecular weight excluding hydrogens is 216 g/mol. The Morgan fingerprint density at radius 3 is 2.82 bits per heavy atom. The molecule has 1 aliphatic carbocycles. The van der Waals surface area contributed by atoms with Crippen LogP contribution in [0.15, 0.2) is 24.3 Å². The van der Waals surface area contributed by atoms with Gasteiger partial charge in [0.05, 0.1) is 0 Å². The van der Waals surface area contributed by atoms with Crippen LogP contribution in [-0.4, -0.2) is 23.6 Å². The van der Waals surface area contributed by atoms with E-state index < -0.39 is 0 Å². The van der Waals surface area contributed by atoms with Gasteiger partial charge in [-0.2, -0.15) is 0 Å². The average molecular weight is 234 g/mol. The predicted molar refractivity (Wildman–Crippen MR) is 65.6 cm³/mol. The summed E-state index contributed by atoms with van der Waals surface area (Å²) in [4.78, 5) is 11.4. The standard InChI is InChI=1S/C13H18N2O2/c16-12-4-2-1-3-10(12)9-14-8-7-13(17)15-11-5-6-11/h1-4,11,14,16H,5-9H2,(H,15,17). The molecule has 17 heavy (non-hydrogen) atoms. The quantitative estimate of drug-likeness (QED) is 0.647. The highest BCUT2D eigenvalue weighted by Crippen LogP contribution is 2.18. The van der Waals surface area contributed by atoms with Crippen molar-refractivity contribution >= 4 is 5.91 Å². The molecule has 1 aliphatic rings. The summed E-state index contributed by atoms with van der Waals surface area (Å²) < 4.78 is 0. The van der Waals surface area contributed by atoms with Gasteiger partial charge in [0.1, 0.15) is 5.75 Å². The molecule has 0 bridgehead atoms. The molecule has 0 unspecified atom stereocenters. The number of carbonyl (C=O) groups is 1. The summed E-state index contributed by atoms with van der Waals surface area (Å²) in [5.41, 5.74) is 0.857. The van der Waals surface area contributed by atoms with Gasteiger partial charge in [-0.15, -0.1) is 0 Å². The van der Waals surface area contributed by atoms with E-state index in [0.29, 0.717) is 31.3 Å². The van der Waals surface area contributed by atoms with E-state index in [9.17, 15) is 9.90 Å². The molecule has 4 heteroatoms. The van der Waals surface area contributed by atoms with Crippen molar-refractivity contribution in [1.29, 1.82) is 0 Å². The highest BCUT2D eigenvalue weighted by molar-refractivity contribution is 5.76. The van der Waals surface area contributed by atoms with Crippen molar-refractivity contribution in [2.75, 3.05) is 6.54 Å². The van der Waals surface area contributed by atoms with Crippen LogP contribution in [0.3, 0.4) is 0 Å². The lowest BCUT2D eigenvalue weighted by atomic mass is 10.2. The van der Waals surface area contributed by atoms with Crippen LogP contribution >= 0.6 is 0 Å². The zero-order valence-corrected chi connectivity index (χ0v) is 9.78. The minimum Gasteiger partial charge on any atom is -0.508 e. The summed E-state index contributed by atoms with van der Waals surface area (Å²) in [6, 6.07) is 7.64. The number of para-hydroxylation sites is 1. The molecule has 0 radical (unpaired) electrons. The van der Waals surface area contributed by atoms with Gasteiger partial charge in [0.2, 0.25) is 5.91 Å². The van der Waals surface area contributed by atoms with Gasteiger partial charge in [0.15, 0.2) is 0 Å². The zero-order chi connectivity index (χ0) is 12.1. The molecule has 0 atom stereocenters. The summed E-state index contributed by atoms with van der Waals surface area (Å²) in [6.07, 6.45) is 2.73. The van der Waals surface area contributed by atoms with E-state index in [-0.39, 0.29) is 5.91 Å². The fourth-order valence-electron chi connectivity index (χ4n) is 1.61. The van der Waals surface area contributed by atoms with E-state index in [2.05, 4.69) is 10.6 Å². The molecule has 2 rings (SSSR count). The molecule has 3 N–H and O–H groups in total. The van der Waals surface area contributed by atoms with Crippen molar-refractivity contribution in [2.24, 2.45) is 0 Å². The van der Waals surface area contributed by atoms with Crippen molar-refractivity contribution in [3.8, 4) is 5.75 Å². The fraction of sp³-hybridized carbons (Fsp3) is 0.462. The maximum Gasteiger partial charge on any atom is 0.221 e. The van der Waals surface area contributed by atoms with E-state index in [1.54, 1.807) is 12.1 Å². The van der Waals surface area contributed by atoms with E-state index in [4.69, 9.17) is 0 Å². The molecule has 1 fully saturated rings. The topological polar surface area (TPSA) is 61.4 Å². The number of aromatic hydroxyl groups is 1. The molecule has 4 nitrogen and oxygen atoms in total. The van der Waals surface area contributed by atoms with E-state index >= 15 is 0 Å². The molecule has 0 saturated heterocycles. The SMILES string of the molecule is O=C(CCNCc1ccccc1O)NC1CC1. The Bertz CT molecular complexity index is 389. The Balaban J connectivity index is 1.62. The summed E-state index contributed by atoms with van der Waals surface area (Å²) in [7, 11) is 0. The Labute approximate surface area is 101 Å². The number of phenols is 1. The van der Waals surface area contributed by atoms with Gasteiger partial charge in [0, 0.05) is 31.1 Å². The number of nitrogens with one attached hydrogen (secondary N) is 2. The van der Waals surface area contributed by atoms with Gasteiger partial charge in [0.25, 0.3) is 0 Å². The van der Waals surface area contributed by atoms with Gasteiger partial charge < -0.3 is 15.7 Å². The average Bonchev–Trinajstić information content (AvgIpc) is 3.10. The van der Waals surface area contributed by atoms with Crippen LogP contribution in [0, 0.1) is 0 Å². The lowest BCUT2D eigenvalue weighted by molar-refractivity contribution is -0.121. The number of carbonyl (C=O) groups excluding carboxylic acids is 1. The molecule has 1 aromatic rings. The molecule has 0 aromatic heterocycles. The van der Waals surface area contributed by atoms with Crippen LogP contribution in [-0.2, 0) is 11.3 Å². The van der Waals surface area contributed by atoms with Crippen molar-refractivity contribution in [3.63, 3.8) is 0 Å². The molecular formula is C13H18N2O2. The Kier molecular flexibility index (Phi) is 3.98. The summed E-state index contributed by atoms with van der Waals surface area (Å²) in [6.45, 7) is 1.22. The monoisotopic (exact) mass is 234 g/mol. The van der Waals surface area contributed by atoms with E-state index in [1.807, 2.05) is 12.1 Å². The first-order chi connectivity index (χ1) is 8.25. The normalized spacial score (nSPS) is 14.6. The summed E-state index contributed by atoms with van der Waals surface area (Å²) in [5, 5.41) is 15.6. The number of benzene rings is 1. The first-order valence-corrected chi connectivity index (χ1v) is 6.02. The molecule has 0 spiro atoms. The van der Waals surface area contributed by atoms with Crippen LogP contribution in [0.4, 0.5) is 0 Å². The maximum atomic E-state index is 11.4. The van der Waals surface area contributed by atoms with Crippen molar-refractivity contribution in [3.05, 3.63) is 29.8 Å². The number of rotatable bonds is 6. The maximum absolute atomic E-state index is 11.4. The van der Waals surface area contributed by atoms with Crippen LogP contribution < -0.4 is 10.6 Å². The number of phenolic OH excluding ortho intramolecular Hbond substituents is 1. The second kappa shape index (κ2) is 5.68. The minimum absolute atomic E-state index is 0.109. The number of hydrogen-bond acceptors (Lipinski definition) is 3. The largest absolute Gasteiger partial charge is 0.508 e. The second-order valence-corrected chi connectivity index (χ2v) is 4.40. The first-order valence-electron chi connectivity index (χ1n) is 6.02. The molecule has 1 saturated carbocycles. The highest BCUT2D eigenvalue weighted by Gasteiger charge is 2.22. The Hall–Kier alpha value is -1.55. The first kappa shape index (κ1) is 11.9. The van der Waals surface area contributed by atoms with Gasteiger partial charge in [-0.05, 0) is 18.9 Å². The van der Waals surface area contributed by atoms with E-state index in [1.165, 1.54) is 0 Å². The summed E-state index contributed by atoms with van der Waals surface area (Å²) >= 11 is 0. The molecule has 0 heterocycles.